The molecule has 0 aromatic carbocycles. The van der Waals surface area contributed by atoms with E-state index in [0.29, 0.717) is 19.0 Å². The number of carbonyl (C=O) groups is 1. The number of nitrogens with zero attached hydrogens (tertiary/aromatic N) is 1. The van der Waals surface area contributed by atoms with E-state index in [1.807, 2.05) is 0 Å². The molecule has 21 heavy (non-hydrogen) atoms. The number of nitrogens with two attached hydrogens (primary N) is 1. The highest BCUT2D eigenvalue weighted by atomic mass is 35.5. The second-order valence-corrected chi connectivity index (χ2v) is 6.49. The summed E-state index contributed by atoms with van der Waals surface area (Å²) >= 11 is 0. The average Bonchev–Trinajstić information content (AvgIpc) is 2.48. The molecule has 2 rings (SSSR count). The van der Waals surface area contributed by atoms with Crippen LogP contribution in [0.4, 0.5) is 0 Å². The van der Waals surface area contributed by atoms with E-state index in [-0.39, 0.29) is 18.3 Å². The van der Waals surface area contributed by atoms with Crippen LogP contribution in [0.15, 0.2) is 0 Å². The summed E-state index contributed by atoms with van der Waals surface area (Å²) < 4.78 is 0. The van der Waals surface area contributed by atoms with Crippen LogP contribution in [0.3, 0.4) is 0 Å². The van der Waals surface area contributed by atoms with Crippen molar-refractivity contribution < 1.29 is 4.79 Å². The Kier molecular flexibility index (Phi) is 9.29. The lowest BCUT2D eigenvalue weighted by Crippen LogP contribution is -2.48. The first kappa shape index (κ1) is 18.7. The molecule has 5 heteroatoms. The van der Waals surface area contributed by atoms with Crippen molar-refractivity contribution in [3.05, 3.63) is 0 Å². The Morgan fingerprint density at radius 2 is 1.81 bits per heavy atom. The summed E-state index contributed by atoms with van der Waals surface area (Å²) in [5.74, 6) is 1.000. The Hall–Kier alpha value is -0.320. The van der Waals surface area contributed by atoms with Gasteiger partial charge in [-0.2, -0.15) is 0 Å². The third-order valence-electron chi connectivity index (χ3n) is 4.87. The van der Waals surface area contributed by atoms with Gasteiger partial charge >= 0.3 is 0 Å². The number of carbonyl (C=O) groups excluding carboxylic acids is 1. The molecule has 1 atom stereocenters. The van der Waals surface area contributed by atoms with Crippen molar-refractivity contribution in [1.82, 2.24) is 10.2 Å². The van der Waals surface area contributed by atoms with Gasteiger partial charge in [0.05, 0.1) is 0 Å². The fourth-order valence-electron chi connectivity index (χ4n) is 3.68. The van der Waals surface area contributed by atoms with E-state index in [1.54, 1.807) is 0 Å². The van der Waals surface area contributed by atoms with Crippen molar-refractivity contribution in [2.45, 2.75) is 63.8 Å². The van der Waals surface area contributed by atoms with Gasteiger partial charge in [0.15, 0.2) is 0 Å². The topological polar surface area (TPSA) is 58.4 Å². The van der Waals surface area contributed by atoms with Crippen LogP contribution in [0.5, 0.6) is 0 Å². The number of piperidine rings is 1. The van der Waals surface area contributed by atoms with E-state index in [2.05, 4.69) is 10.2 Å². The lowest BCUT2D eigenvalue weighted by molar-refractivity contribution is -0.121. The molecule has 1 saturated carbocycles. The molecule has 2 aliphatic rings. The minimum absolute atomic E-state index is 0. The van der Waals surface area contributed by atoms with Gasteiger partial charge in [0, 0.05) is 32.1 Å². The summed E-state index contributed by atoms with van der Waals surface area (Å²) in [6, 6.07) is 0.549. The van der Waals surface area contributed by atoms with Crippen molar-refractivity contribution in [3.8, 4) is 0 Å². The van der Waals surface area contributed by atoms with Gasteiger partial charge in [-0.25, -0.2) is 0 Å². The molecular weight excluding hydrogens is 286 g/mol. The third-order valence-corrected chi connectivity index (χ3v) is 4.87. The lowest BCUT2D eigenvalue weighted by Gasteiger charge is -2.38. The Morgan fingerprint density at radius 1 is 1.10 bits per heavy atom. The molecule has 0 spiro atoms. The number of hydrogen-bond donors (Lipinski definition) is 2. The van der Waals surface area contributed by atoms with Crippen LogP contribution in [-0.4, -0.2) is 43.0 Å². The van der Waals surface area contributed by atoms with E-state index < -0.39 is 0 Å². The Morgan fingerprint density at radius 3 is 2.52 bits per heavy atom. The van der Waals surface area contributed by atoms with Crippen LogP contribution in [-0.2, 0) is 4.79 Å². The zero-order valence-corrected chi connectivity index (χ0v) is 14.0. The lowest BCUT2D eigenvalue weighted by atomic mass is 9.88. The van der Waals surface area contributed by atoms with Crippen LogP contribution in [0.1, 0.15) is 57.8 Å². The van der Waals surface area contributed by atoms with Crippen molar-refractivity contribution >= 4 is 18.3 Å². The maximum Gasteiger partial charge on any atom is 0.221 e. The van der Waals surface area contributed by atoms with Crippen molar-refractivity contribution in [2.24, 2.45) is 11.7 Å². The quantitative estimate of drug-likeness (QED) is 0.790. The van der Waals surface area contributed by atoms with Crippen LogP contribution < -0.4 is 11.1 Å². The number of amides is 1. The first-order chi connectivity index (χ1) is 9.79. The molecule has 0 aromatic rings. The number of likely N-dealkylation sites (tertiary alicyclic amines) is 1. The zero-order chi connectivity index (χ0) is 14.2. The van der Waals surface area contributed by atoms with E-state index in [4.69, 9.17) is 5.73 Å². The van der Waals surface area contributed by atoms with Crippen LogP contribution in [0.25, 0.3) is 0 Å². The molecule has 4 nitrogen and oxygen atoms in total. The monoisotopic (exact) mass is 317 g/mol. The van der Waals surface area contributed by atoms with Gasteiger partial charge in [0.1, 0.15) is 0 Å². The Balaban J connectivity index is 0.00000220. The minimum atomic E-state index is 0. The highest BCUT2D eigenvalue weighted by Crippen LogP contribution is 2.27. The average molecular weight is 318 g/mol. The number of rotatable bonds is 6. The summed E-state index contributed by atoms with van der Waals surface area (Å²) in [4.78, 5) is 14.2. The van der Waals surface area contributed by atoms with Gasteiger partial charge in [-0.15, -0.1) is 12.4 Å². The van der Waals surface area contributed by atoms with Crippen molar-refractivity contribution in [2.75, 3.05) is 26.2 Å². The first-order valence-electron chi connectivity index (χ1n) is 8.50. The number of hydrogen-bond acceptors (Lipinski definition) is 3. The van der Waals surface area contributed by atoms with Crippen molar-refractivity contribution in [1.29, 1.82) is 0 Å². The molecule has 0 aromatic heterocycles. The highest BCUT2D eigenvalue weighted by molar-refractivity contribution is 5.85. The maximum absolute atomic E-state index is 11.6. The van der Waals surface area contributed by atoms with E-state index in [0.717, 1.165) is 12.5 Å². The second-order valence-electron chi connectivity index (χ2n) is 6.49. The van der Waals surface area contributed by atoms with E-state index >= 15 is 0 Å². The molecule has 0 bridgehead atoms. The second kappa shape index (κ2) is 10.4. The van der Waals surface area contributed by atoms with Gasteiger partial charge in [-0.05, 0) is 38.1 Å². The van der Waals surface area contributed by atoms with Crippen LogP contribution in [0, 0.1) is 5.92 Å². The Bertz CT molecular complexity index is 295. The molecule has 1 amide bonds. The van der Waals surface area contributed by atoms with Crippen molar-refractivity contribution in [3.63, 3.8) is 0 Å². The molecule has 3 N–H and O–H groups in total. The zero-order valence-electron chi connectivity index (χ0n) is 13.2. The fourth-order valence-corrected chi connectivity index (χ4v) is 3.68. The smallest absolute Gasteiger partial charge is 0.221 e. The van der Waals surface area contributed by atoms with Crippen LogP contribution >= 0.6 is 12.4 Å². The molecule has 1 aliphatic heterocycles. The SMILES string of the molecule is Cl.NCCC(=O)NCC1CCCCN1CC1CCCCC1. The largest absolute Gasteiger partial charge is 0.354 e. The predicted molar refractivity (Wildman–Crippen MR) is 89.7 cm³/mol. The highest BCUT2D eigenvalue weighted by Gasteiger charge is 2.25. The van der Waals surface area contributed by atoms with Gasteiger partial charge in [0.25, 0.3) is 0 Å². The fraction of sp³-hybridized carbons (Fsp3) is 0.938. The molecule has 1 saturated heterocycles. The van der Waals surface area contributed by atoms with E-state index in [9.17, 15) is 4.79 Å². The first-order valence-corrected chi connectivity index (χ1v) is 8.50. The molecular formula is C16H32ClN3O. The maximum atomic E-state index is 11.6. The number of halogens is 1. The molecule has 124 valence electrons. The summed E-state index contributed by atoms with van der Waals surface area (Å²) in [5, 5.41) is 3.06. The van der Waals surface area contributed by atoms with Gasteiger partial charge < -0.3 is 11.1 Å². The molecule has 1 unspecified atom stereocenters. The summed E-state index contributed by atoms with van der Waals surface area (Å²) in [6.07, 6.45) is 11.4. The molecule has 0 radical (unpaired) electrons. The number of nitrogens with one attached hydrogen (secondary N) is 1. The summed E-state index contributed by atoms with van der Waals surface area (Å²) in [5.41, 5.74) is 5.42. The Labute approximate surface area is 135 Å². The predicted octanol–water partition coefficient (Wildman–Crippen LogP) is 2.31. The molecule has 1 heterocycles. The molecule has 1 aliphatic carbocycles. The molecule has 2 fully saturated rings. The van der Waals surface area contributed by atoms with Gasteiger partial charge in [-0.1, -0.05) is 25.7 Å². The third kappa shape index (κ3) is 6.54. The van der Waals surface area contributed by atoms with Gasteiger partial charge in [-0.3, -0.25) is 9.69 Å². The normalized spacial score (nSPS) is 24.3. The summed E-state index contributed by atoms with van der Waals surface area (Å²) in [7, 11) is 0. The summed E-state index contributed by atoms with van der Waals surface area (Å²) in [6.45, 7) is 3.72. The van der Waals surface area contributed by atoms with E-state index in [1.165, 1.54) is 64.5 Å². The van der Waals surface area contributed by atoms with Gasteiger partial charge in [0.2, 0.25) is 5.91 Å². The van der Waals surface area contributed by atoms with Crippen LogP contribution in [0.2, 0.25) is 0 Å². The standard InChI is InChI=1S/C16H31N3O.ClH/c17-10-9-16(20)18-12-15-8-4-5-11-19(15)13-14-6-2-1-3-7-14;/h14-15H,1-13,17H2,(H,18,20);1H. The minimum Gasteiger partial charge on any atom is -0.354 e.